The largest absolute Gasteiger partial charge is 0.445 e. The van der Waals surface area contributed by atoms with Gasteiger partial charge in [0.15, 0.2) is 0 Å². The normalized spacial score (nSPS) is 17.0. The van der Waals surface area contributed by atoms with Crippen molar-refractivity contribution in [3.05, 3.63) is 23.0 Å². The maximum absolute atomic E-state index is 12.6. The summed E-state index contributed by atoms with van der Waals surface area (Å²) in [6.45, 7) is 6.44. The molecule has 0 N–H and O–H groups in total. The maximum atomic E-state index is 12.6. The molecule has 2 aromatic rings. The van der Waals surface area contributed by atoms with Gasteiger partial charge in [-0.15, -0.1) is 10.2 Å². The third-order valence-corrected chi connectivity index (χ3v) is 4.73. The summed E-state index contributed by atoms with van der Waals surface area (Å²) in [4.78, 5) is 4.10. The molecule has 0 unspecified atom stereocenters. The summed E-state index contributed by atoms with van der Waals surface area (Å²) < 4.78 is 39.6. The van der Waals surface area contributed by atoms with E-state index in [0.29, 0.717) is 29.6 Å². The van der Waals surface area contributed by atoms with Gasteiger partial charge in [-0.25, -0.2) is 0 Å². The molecule has 10 heteroatoms. The minimum Gasteiger partial charge on any atom is -0.344 e. The first-order valence-corrected chi connectivity index (χ1v) is 8.17. The Balaban J connectivity index is 1.55. The van der Waals surface area contributed by atoms with E-state index in [1.807, 2.05) is 28.8 Å². The molecule has 1 saturated heterocycles. The number of halogens is 3. The lowest BCUT2D eigenvalue weighted by molar-refractivity contribution is -0.138. The molecule has 0 saturated carbocycles. The first kappa shape index (κ1) is 16.2. The summed E-state index contributed by atoms with van der Waals surface area (Å²) in [5, 5.41) is 10.8. The van der Waals surface area contributed by atoms with Gasteiger partial charge in [0.25, 0.3) is 0 Å². The van der Waals surface area contributed by atoms with Crippen LogP contribution in [0, 0.1) is 0 Å². The Labute approximate surface area is 135 Å². The smallest absolute Gasteiger partial charge is 0.344 e. The third kappa shape index (κ3) is 3.81. The molecule has 6 nitrogen and oxygen atoms in total. The number of alkyl halides is 3. The van der Waals surface area contributed by atoms with Crippen molar-refractivity contribution in [1.29, 1.82) is 0 Å². The Hall–Kier alpha value is -1.68. The molecule has 3 rings (SSSR count). The highest BCUT2D eigenvalue weighted by molar-refractivity contribution is 7.15. The van der Waals surface area contributed by atoms with Crippen LogP contribution in [0.3, 0.4) is 0 Å². The molecule has 2 aromatic heterocycles. The SMILES string of the molecule is CCn1ccc(CN2CCN(c3nnc(C(F)(F)F)s3)CC2)n1. The predicted molar refractivity (Wildman–Crippen MR) is 80.3 cm³/mol. The van der Waals surface area contributed by atoms with Crippen molar-refractivity contribution < 1.29 is 13.2 Å². The number of hydrogen-bond acceptors (Lipinski definition) is 6. The predicted octanol–water partition coefficient (Wildman–Crippen LogP) is 2.10. The summed E-state index contributed by atoms with van der Waals surface area (Å²) in [7, 11) is 0. The number of piperazine rings is 1. The zero-order chi connectivity index (χ0) is 16.4. The van der Waals surface area contributed by atoms with Gasteiger partial charge >= 0.3 is 6.18 Å². The van der Waals surface area contributed by atoms with E-state index in [2.05, 4.69) is 20.2 Å². The molecule has 0 spiro atoms. The Morgan fingerprint density at radius 3 is 2.48 bits per heavy atom. The van der Waals surface area contributed by atoms with Gasteiger partial charge in [-0.05, 0) is 13.0 Å². The number of anilines is 1. The van der Waals surface area contributed by atoms with Crippen molar-refractivity contribution >= 4 is 16.5 Å². The van der Waals surface area contributed by atoms with E-state index >= 15 is 0 Å². The topological polar surface area (TPSA) is 50.1 Å². The maximum Gasteiger partial charge on any atom is 0.445 e. The van der Waals surface area contributed by atoms with Crippen LogP contribution in [0.1, 0.15) is 17.6 Å². The Bertz CT molecular complexity index is 644. The van der Waals surface area contributed by atoms with Crippen LogP contribution < -0.4 is 4.90 Å². The van der Waals surface area contributed by atoms with Gasteiger partial charge < -0.3 is 4.90 Å². The Morgan fingerprint density at radius 1 is 1.17 bits per heavy atom. The molecule has 126 valence electrons. The highest BCUT2D eigenvalue weighted by atomic mass is 32.1. The van der Waals surface area contributed by atoms with Gasteiger partial charge in [0.05, 0.1) is 5.69 Å². The number of aromatic nitrogens is 4. The number of hydrogen-bond donors (Lipinski definition) is 0. The van der Waals surface area contributed by atoms with Crippen LogP contribution in [-0.2, 0) is 19.3 Å². The van der Waals surface area contributed by atoms with E-state index in [1.54, 1.807) is 0 Å². The number of nitrogens with zero attached hydrogens (tertiary/aromatic N) is 6. The molecule has 0 bridgehead atoms. The van der Waals surface area contributed by atoms with Gasteiger partial charge in [-0.2, -0.15) is 18.3 Å². The molecule has 0 aromatic carbocycles. The standard InChI is InChI=1S/C13H17F3N6S/c1-2-22-4-3-10(19-22)9-20-5-7-21(8-6-20)12-18-17-11(23-12)13(14,15)16/h3-4H,2,5-9H2,1H3. The van der Waals surface area contributed by atoms with Gasteiger partial charge in [0.2, 0.25) is 10.1 Å². The molecule has 0 amide bonds. The average Bonchev–Trinajstić information content (AvgIpc) is 3.16. The van der Waals surface area contributed by atoms with Crippen molar-refractivity contribution in [3.63, 3.8) is 0 Å². The molecule has 0 atom stereocenters. The van der Waals surface area contributed by atoms with Crippen LogP contribution in [0.4, 0.5) is 18.3 Å². The fourth-order valence-electron chi connectivity index (χ4n) is 2.45. The van der Waals surface area contributed by atoms with E-state index in [1.165, 1.54) is 0 Å². The van der Waals surface area contributed by atoms with Crippen molar-refractivity contribution in [2.75, 3.05) is 31.1 Å². The molecule has 0 radical (unpaired) electrons. The summed E-state index contributed by atoms with van der Waals surface area (Å²) in [6, 6.07) is 2.00. The molecule has 1 aliphatic heterocycles. The van der Waals surface area contributed by atoms with Gasteiger partial charge in [-0.1, -0.05) is 11.3 Å². The lowest BCUT2D eigenvalue weighted by Crippen LogP contribution is -2.46. The van der Waals surface area contributed by atoms with Crippen molar-refractivity contribution in [3.8, 4) is 0 Å². The van der Waals surface area contributed by atoms with Crippen molar-refractivity contribution in [2.45, 2.75) is 26.2 Å². The van der Waals surface area contributed by atoms with E-state index in [-0.39, 0.29) is 0 Å². The van der Waals surface area contributed by atoms with Crippen LogP contribution in [-0.4, -0.2) is 51.1 Å². The van der Waals surface area contributed by atoms with E-state index in [0.717, 1.165) is 31.9 Å². The highest BCUT2D eigenvalue weighted by Gasteiger charge is 2.36. The molecule has 0 aliphatic carbocycles. The van der Waals surface area contributed by atoms with E-state index in [9.17, 15) is 13.2 Å². The molecule has 23 heavy (non-hydrogen) atoms. The summed E-state index contributed by atoms with van der Waals surface area (Å²) >= 11 is 0.602. The second-order valence-corrected chi connectivity index (χ2v) is 6.27. The van der Waals surface area contributed by atoms with Gasteiger partial charge in [-0.3, -0.25) is 9.58 Å². The van der Waals surface area contributed by atoms with Gasteiger partial charge in [0.1, 0.15) is 0 Å². The fourth-order valence-corrected chi connectivity index (χ4v) is 3.21. The van der Waals surface area contributed by atoms with Crippen LogP contribution >= 0.6 is 11.3 Å². The zero-order valence-electron chi connectivity index (χ0n) is 12.6. The minimum absolute atomic E-state index is 0.340. The first-order valence-electron chi connectivity index (χ1n) is 7.36. The molecule has 1 fully saturated rings. The Morgan fingerprint density at radius 2 is 1.91 bits per heavy atom. The molecule has 3 heterocycles. The van der Waals surface area contributed by atoms with Crippen molar-refractivity contribution in [1.82, 2.24) is 24.9 Å². The Kier molecular flexibility index (Phi) is 4.53. The van der Waals surface area contributed by atoms with Crippen LogP contribution in [0.2, 0.25) is 0 Å². The monoisotopic (exact) mass is 346 g/mol. The fraction of sp³-hybridized carbons (Fsp3) is 0.615. The summed E-state index contributed by atoms with van der Waals surface area (Å²) in [5.74, 6) is 0. The van der Waals surface area contributed by atoms with Crippen LogP contribution in [0.25, 0.3) is 0 Å². The average molecular weight is 346 g/mol. The van der Waals surface area contributed by atoms with Crippen LogP contribution in [0.5, 0.6) is 0 Å². The second kappa shape index (κ2) is 6.44. The molecule has 1 aliphatic rings. The second-order valence-electron chi connectivity index (χ2n) is 5.31. The molecular formula is C13H17F3N6S. The van der Waals surface area contributed by atoms with Gasteiger partial charge in [0, 0.05) is 45.5 Å². The summed E-state index contributed by atoms with van der Waals surface area (Å²) in [5.41, 5.74) is 1.01. The zero-order valence-corrected chi connectivity index (χ0v) is 13.4. The third-order valence-electron chi connectivity index (χ3n) is 3.71. The number of aryl methyl sites for hydroxylation is 1. The summed E-state index contributed by atoms with van der Waals surface area (Å²) in [6.07, 6.45) is -2.47. The lowest BCUT2D eigenvalue weighted by Gasteiger charge is -2.33. The van der Waals surface area contributed by atoms with E-state index < -0.39 is 11.2 Å². The van der Waals surface area contributed by atoms with Crippen molar-refractivity contribution in [2.24, 2.45) is 0 Å². The quantitative estimate of drug-likeness (QED) is 0.849. The molecular weight excluding hydrogens is 329 g/mol. The van der Waals surface area contributed by atoms with E-state index in [4.69, 9.17) is 0 Å². The minimum atomic E-state index is -4.42. The highest BCUT2D eigenvalue weighted by Crippen LogP contribution is 2.34. The first-order chi connectivity index (χ1) is 11.0. The number of rotatable bonds is 4. The van der Waals surface area contributed by atoms with Crippen LogP contribution in [0.15, 0.2) is 12.3 Å². The lowest BCUT2D eigenvalue weighted by atomic mass is 10.3.